The number of carbonyl (C=O) groups excluding carboxylic acids is 1. The summed E-state index contributed by atoms with van der Waals surface area (Å²) in [4.78, 5) is 16.0. The van der Waals surface area contributed by atoms with Gasteiger partial charge in [-0.3, -0.25) is 9.69 Å². The highest BCUT2D eigenvalue weighted by Gasteiger charge is 2.21. The topological polar surface area (TPSA) is 53.0 Å². The van der Waals surface area contributed by atoms with Crippen molar-refractivity contribution >= 4 is 5.91 Å². The second kappa shape index (κ2) is 7.07. The van der Waals surface area contributed by atoms with Gasteiger partial charge in [0.2, 0.25) is 5.91 Å². The number of β-amino-alcohol motifs (C(OH)–C–C–N with tert-alkyl or cyclic N) is 1. The minimum atomic E-state index is -0.180. The Morgan fingerprint density at radius 2 is 1.83 bits per heavy atom. The second-order valence-electron chi connectivity index (χ2n) is 5.66. The van der Waals surface area contributed by atoms with Crippen molar-refractivity contribution in [2.45, 2.75) is 32.8 Å². The van der Waals surface area contributed by atoms with Gasteiger partial charge < -0.3 is 14.7 Å². The molecule has 1 rings (SSSR count). The van der Waals surface area contributed by atoms with Crippen LogP contribution in [0.4, 0.5) is 0 Å². The normalized spacial score (nSPS) is 18.1. The van der Waals surface area contributed by atoms with Crippen LogP contribution in [0.1, 0.15) is 27.2 Å². The highest BCUT2D eigenvalue weighted by molar-refractivity contribution is 5.76. The number of rotatable bonds is 5. The highest BCUT2D eigenvalue weighted by atomic mass is 16.5. The molecule has 0 unspecified atom stereocenters. The summed E-state index contributed by atoms with van der Waals surface area (Å²) in [6.07, 6.45) is 0.456. The molecular formula is C13H26N2O3. The third-order valence-corrected chi connectivity index (χ3v) is 2.99. The zero-order valence-electron chi connectivity index (χ0n) is 11.8. The summed E-state index contributed by atoms with van der Waals surface area (Å²) in [5.41, 5.74) is -0.180. The number of piperazine rings is 1. The monoisotopic (exact) mass is 258 g/mol. The van der Waals surface area contributed by atoms with E-state index < -0.39 is 0 Å². The molecule has 1 saturated heterocycles. The van der Waals surface area contributed by atoms with Crippen LogP contribution in [0.3, 0.4) is 0 Å². The number of aliphatic hydroxyl groups excluding tert-OH is 1. The van der Waals surface area contributed by atoms with Gasteiger partial charge in [0.05, 0.1) is 25.2 Å². The zero-order valence-corrected chi connectivity index (χ0v) is 11.8. The Kier molecular flexibility index (Phi) is 6.05. The summed E-state index contributed by atoms with van der Waals surface area (Å²) >= 11 is 0. The fraction of sp³-hybridized carbons (Fsp3) is 0.923. The molecule has 0 atom stereocenters. The molecule has 1 aliphatic heterocycles. The van der Waals surface area contributed by atoms with Crippen LogP contribution < -0.4 is 0 Å². The molecule has 1 fully saturated rings. The molecule has 0 aromatic heterocycles. The number of hydrogen-bond acceptors (Lipinski definition) is 4. The van der Waals surface area contributed by atoms with Gasteiger partial charge in [0.1, 0.15) is 0 Å². The highest BCUT2D eigenvalue weighted by Crippen LogP contribution is 2.08. The Hall–Kier alpha value is -0.650. The molecule has 1 heterocycles. The van der Waals surface area contributed by atoms with Gasteiger partial charge in [-0.2, -0.15) is 0 Å². The lowest BCUT2D eigenvalue weighted by atomic mass is 10.2. The minimum absolute atomic E-state index is 0.169. The van der Waals surface area contributed by atoms with Crippen LogP contribution in [0.15, 0.2) is 0 Å². The zero-order chi connectivity index (χ0) is 13.6. The van der Waals surface area contributed by atoms with Crippen LogP contribution in [-0.2, 0) is 9.53 Å². The first kappa shape index (κ1) is 15.4. The third-order valence-electron chi connectivity index (χ3n) is 2.99. The number of carbonyl (C=O) groups is 1. The van der Waals surface area contributed by atoms with E-state index in [9.17, 15) is 4.79 Å². The predicted octanol–water partition coefficient (Wildman–Crippen LogP) is 0.328. The number of hydrogen-bond donors (Lipinski definition) is 1. The summed E-state index contributed by atoms with van der Waals surface area (Å²) in [5, 5.41) is 8.85. The van der Waals surface area contributed by atoms with Crippen LogP contribution in [-0.4, -0.2) is 72.4 Å². The van der Waals surface area contributed by atoms with Crippen molar-refractivity contribution in [2.24, 2.45) is 0 Å². The van der Waals surface area contributed by atoms with Gasteiger partial charge in [0.25, 0.3) is 0 Å². The molecule has 5 nitrogen and oxygen atoms in total. The maximum absolute atomic E-state index is 11.9. The minimum Gasteiger partial charge on any atom is -0.395 e. The molecular weight excluding hydrogens is 232 g/mol. The van der Waals surface area contributed by atoms with E-state index in [1.807, 2.05) is 25.7 Å². The molecule has 0 aromatic carbocycles. The van der Waals surface area contributed by atoms with Gasteiger partial charge in [0, 0.05) is 32.7 Å². The van der Waals surface area contributed by atoms with Gasteiger partial charge >= 0.3 is 0 Å². The molecule has 0 aliphatic carbocycles. The van der Waals surface area contributed by atoms with Crippen molar-refractivity contribution in [3.05, 3.63) is 0 Å². The van der Waals surface area contributed by atoms with Crippen LogP contribution in [0.25, 0.3) is 0 Å². The van der Waals surface area contributed by atoms with Gasteiger partial charge in [-0.15, -0.1) is 0 Å². The number of ether oxygens (including phenoxy) is 1. The van der Waals surface area contributed by atoms with Gasteiger partial charge in [-0.25, -0.2) is 0 Å². The number of nitrogens with zero attached hydrogens (tertiary/aromatic N) is 2. The summed E-state index contributed by atoms with van der Waals surface area (Å²) in [6.45, 7) is 10.6. The summed E-state index contributed by atoms with van der Waals surface area (Å²) in [5.74, 6) is 0.169. The van der Waals surface area contributed by atoms with Crippen LogP contribution in [0.2, 0.25) is 0 Å². The summed E-state index contributed by atoms with van der Waals surface area (Å²) < 4.78 is 5.56. The molecule has 0 spiro atoms. The second-order valence-corrected chi connectivity index (χ2v) is 5.66. The summed E-state index contributed by atoms with van der Waals surface area (Å²) in [6, 6.07) is 0. The molecule has 0 radical (unpaired) electrons. The quantitative estimate of drug-likeness (QED) is 0.772. The molecule has 18 heavy (non-hydrogen) atoms. The Morgan fingerprint density at radius 3 is 2.33 bits per heavy atom. The standard InChI is InChI=1S/C13H26N2O3/c1-13(2,3)18-11-4-12(17)15-7-5-14(6-8-15)9-10-16/h16H,4-11H2,1-3H3. The van der Waals surface area contributed by atoms with E-state index in [1.54, 1.807) is 0 Å². The molecule has 1 aliphatic rings. The maximum Gasteiger partial charge on any atom is 0.224 e. The molecule has 1 N–H and O–H groups in total. The number of aliphatic hydroxyl groups is 1. The van der Waals surface area contributed by atoms with E-state index in [1.165, 1.54) is 0 Å². The van der Waals surface area contributed by atoms with Crippen molar-refractivity contribution in [3.63, 3.8) is 0 Å². The molecule has 0 aromatic rings. The lowest BCUT2D eigenvalue weighted by molar-refractivity contribution is -0.135. The molecule has 106 valence electrons. The Labute approximate surface area is 110 Å². The van der Waals surface area contributed by atoms with Crippen LogP contribution in [0, 0.1) is 0 Å². The van der Waals surface area contributed by atoms with Crippen molar-refractivity contribution in [1.29, 1.82) is 0 Å². The fourth-order valence-corrected chi connectivity index (χ4v) is 1.96. The first-order valence-corrected chi connectivity index (χ1v) is 6.67. The Balaban J connectivity index is 2.20. The van der Waals surface area contributed by atoms with E-state index in [0.29, 0.717) is 19.6 Å². The molecule has 1 amide bonds. The Bertz CT molecular complexity index is 255. The molecule has 0 bridgehead atoms. The predicted molar refractivity (Wildman–Crippen MR) is 70.4 cm³/mol. The lowest BCUT2D eigenvalue weighted by Gasteiger charge is -2.34. The number of amides is 1. The molecule has 5 heteroatoms. The average molecular weight is 258 g/mol. The van der Waals surface area contributed by atoms with Crippen LogP contribution >= 0.6 is 0 Å². The SMILES string of the molecule is CC(C)(C)OCCC(=O)N1CCN(CCO)CC1. The van der Waals surface area contributed by atoms with Gasteiger partial charge in [0.15, 0.2) is 0 Å². The Morgan fingerprint density at radius 1 is 1.22 bits per heavy atom. The van der Waals surface area contributed by atoms with Crippen LogP contribution in [0.5, 0.6) is 0 Å². The van der Waals surface area contributed by atoms with Crippen molar-refractivity contribution in [1.82, 2.24) is 9.80 Å². The smallest absolute Gasteiger partial charge is 0.224 e. The third kappa shape index (κ3) is 5.80. The first-order valence-electron chi connectivity index (χ1n) is 6.67. The average Bonchev–Trinajstić information content (AvgIpc) is 2.28. The van der Waals surface area contributed by atoms with Crippen molar-refractivity contribution in [3.8, 4) is 0 Å². The fourth-order valence-electron chi connectivity index (χ4n) is 1.96. The molecule has 0 saturated carbocycles. The van der Waals surface area contributed by atoms with E-state index in [4.69, 9.17) is 9.84 Å². The van der Waals surface area contributed by atoms with Crippen molar-refractivity contribution < 1.29 is 14.6 Å². The van der Waals surface area contributed by atoms with Gasteiger partial charge in [-0.1, -0.05) is 0 Å². The first-order chi connectivity index (χ1) is 8.42. The van der Waals surface area contributed by atoms with E-state index >= 15 is 0 Å². The van der Waals surface area contributed by atoms with Crippen molar-refractivity contribution in [2.75, 3.05) is 45.9 Å². The van der Waals surface area contributed by atoms with E-state index in [2.05, 4.69) is 4.90 Å². The van der Waals surface area contributed by atoms with E-state index in [-0.39, 0.29) is 18.1 Å². The maximum atomic E-state index is 11.9. The lowest BCUT2D eigenvalue weighted by Crippen LogP contribution is -2.49. The largest absolute Gasteiger partial charge is 0.395 e. The van der Waals surface area contributed by atoms with Gasteiger partial charge in [-0.05, 0) is 20.8 Å². The van der Waals surface area contributed by atoms with E-state index in [0.717, 1.165) is 26.2 Å². The summed E-state index contributed by atoms with van der Waals surface area (Å²) in [7, 11) is 0.